The highest BCUT2D eigenvalue weighted by Crippen LogP contribution is 2.26. The Morgan fingerprint density at radius 3 is 2.83 bits per heavy atom. The zero-order chi connectivity index (χ0) is 21.3. The smallest absolute Gasteiger partial charge is 0.178 e. The number of hydrogen-bond acceptors (Lipinski definition) is 5. The van der Waals surface area contributed by atoms with Crippen LogP contribution in [0, 0.1) is 17.6 Å². The van der Waals surface area contributed by atoms with Crippen molar-refractivity contribution in [3.63, 3.8) is 0 Å². The highest BCUT2D eigenvalue weighted by Gasteiger charge is 2.28. The van der Waals surface area contributed by atoms with Gasteiger partial charge in [0.2, 0.25) is 0 Å². The summed E-state index contributed by atoms with van der Waals surface area (Å²) in [5.74, 6) is -0.946. The first-order chi connectivity index (χ1) is 14.3. The average molecular weight is 455 g/mol. The molecule has 1 aliphatic rings. The van der Waals surface area contributed by atoms with Crippen molar-refractivity contribution in [2.45, 2.75) is 24.2 Å². The fraction of sp³-hybridized carbons (Fsp3) is 0.381. The van der Waals surface area contributed by atoms with Gasteiger partial charge in [-0.15, -0.1) is 0 Å². The lowest BCUT2D eigenvalue weighted by atomic mass is 10.1. The van der Waals surface area contributed by atoms with Gasteiger partial charge in [0.05, 0.1) is 21.4 Å². The second-order valence-electron chi connectivity index (χ2n) is 7.69. The molecule has 0 aliphatic carbocycles. The molecule has 1 aliphatic heterocycles. The van der Waals surface area contributed by atoms with Crippen LogP contribution in [0.15, 0.2) is 45.8 Å². The Balaban J connectivity index is 1.29. The molecule has 2 aromatic carbocycles. The van der Waals surface area contributed by atoms with Gasteiger partial charge in [-0.3, -0.25) is 0 Å². The molecular weight excluding hydrogens is 434 g/mol. The molecule has 1 saturated heterocycles. The minimum atomic E-state index is -3.52. The Morgan fingerprint density at radius 2 is 2.03 bits per heavy atom. The molecule has 0 amide bonds. The number of halogens is 3. The van der Waals surface area contributed by atoms with Crippen LogP contribution in [0.25, 0.3) is 11.0 Å². The minimum Gasteiger partial charge on any atom is -0.356 e. The molecule has 3 aromatic rings. The predicted octanol–water partition coefficient (Wildman–Crippen LogP) is 4.49. The van der Waals surface area contributed by atoms with Crippen LogP contribution in [0.2, 0.25) is 5.02 Å². The first-order valence-corrected chi connectivity index (χ1v) is 11.8. The van der Waals surface area contributed by atoms with E-state index in [0.29, 0.717) is 18.5 Å². The van der Waals surface area contributed by atoms with Gasteiger partial charge in [0.1, 0.15) is 11.6 Å². The minimum absolute atomic E-state index is 0.0188. The standard InChI is InChI=1S/C21H21ClF2N2O3S/c22-18-11-16(4-6-19(18)24)30(27,28)13-14-7-9-26(12-14)8-1-2-20-17-5-3-15(23)10-21(17)29-25-20/h3-6,10-11,14H,1-2,7-9,12-13H2. The third-order valence-electron chi connectivity index (χ3n) is 5.47. The molecule has 0 saturated carbocycles. The molecule has 2 heterocycles. The molecule has 0 spiro atoms. The first kappa shape index (κ1) is 21.2. The molecule has 0 bridgehead atoms. The van der Waals surface area contributed by atoms with Crippen LogP contribution in [0.5, 0.6) is 0 Å². The highest BCUT2D eigenvalue weighted by molar-refractivity contribution is 7.91. The van der Waals surface area contributed by atoms with Crippen molar-refractivity contribution < 1.29 is 21.7 Å². The Hall–Kier alpha value is -2.03. The van der Waals surface area contributed by atoms with Crippen LogP contribution in [0.4, 0.5) is 8.78 Å². The Labute approximate surface area is 178 Å². The summed E-state index contributed by atoms with van der Waals surface area (Å²) in [6.07, 6.45) is 2.33. The monoisotopic (exact) mass is 454 g/mol. The van der Waals surface area contributed by atoms with Crippen LogP contribution < -0.4 is 0 Å². The third-order valence-corrected chi connectivity index (χ3v) is 7.64. The molecule has 30 heavy (non-hydrogen) atoms. The van der Waals surface area contributed by atoms with E-state index >= 15 is 0 Å². The normalized spacial score (nSPS) is 17.8. The van der Waals surface area contributed by atoms with Crippen LogP contribution in [0.1, 0.15) is 18.5 Å². The van der Waals surface area contributed by atoms with E-state index in [-0.39, 0.29) is 27.4 Å². The molecule has 160 valence electrons. The highest BCUT2D eigenvalue weighted by atomic mass is 35.5. The number of likely N-dealkylation sites (tertiary alicyclic amines) is 1. The maximum Gasteiger partial charge on any atom is 0.178 e. The number of rotatable bonds is 7. The Morgan fingerprint density at radius 1 is 1.20 bits per heavy atom. The number of aryl methyl sites for hydroxylation is 1. The van der Waals surface area contributed by atoms with Gasteiger partial charge in [-0.2, -0.15) is 0 Å². The van der Waals surface area contributed by atoms with E-state index in [1.807, 2.05) is 0 Å². The molecule has 9 heteroatoms. The Kier molecular flexibility index (Phi) is 6.09. The summed E-state index contributed by atoms with van der Waals surface area (Å²) >= 11 is 5.73. The van der Waals surface area contributed by atoms with E-state index < -0.39 is 15.7 Å². The van der Waals surface area contributed by atoms with Crippen molar-refractivity contribution in [3.05, 3.63) is 58.7 Å². The van der Waals surface area contributed by atoms with Gasteiger partial charge in [0.25, 0.3) is 0 Å². The summed E-state index contributed by atoms with van der Waals surface area (Å²) in [7, 11) is -3.52. The molecule has 1 fully saturated rings. The van der Waals surface area contributed by atoms with Gasteiger partial charge in [-0.05, 0) is 68.6 Å². The van der Waals surface area contributed by atoms with E-state index in [1.165, 1.54) is 24.3 Å². The fourth-order valence-corrected chi connectivity index (χ4v) is 5.85. The second-order valence-corrected chi connectivity index (χ2v) is 10.1. The summed E-state index contributed by atoms with van der Waals surface area (Å²) in [6, 6.07) is 7.91. The van der Waals surface area contributed by atoms with Gasteiger partial charge < -0.3 is 9.42 Å². The van der Waals surface area contributed by atoms with Gasteiger partial charge in [-0.1, -0.05) is 16.8 Å². The third kappa shape index (κ3) is 4.66. The van der Waals surface area contributed by atoms with Crippen LogP contribution in [0.3, 0.4) is 0 Å². The predicted molar refractivity (Wildman–Crippen MR) is 110 cm³/mol. The van der Waals surface area contributed by atoms with Crippen molar-refractivity contribution in [3.8, 4) is 0 Å². The quantitative estimate of drug-likeness (QED) is 0.492. The van der Waals surface area contributed by atoms with Crippen molar-refractivity contribution in [2.24, 2.45) is 5.92 Å². The molecule has 0 radical (unpaired) electrons. The van der Waals surface area contributed by atoms with Crippen molar-refractivity contribution >= 4 is 32.4 Å². The summed E-state index contributed by atoms with van der Waals surface area (Å²) in [4.78, 5) is 2.29. The fourth-order valence-electron chi connectivity index (χ4n) is 3.94. The van der Waals surface area contributed by atoms with Crippen molar-refractivity contribution in [1.82, 2.24) is 10.1 Å². The zero-order valence-corrected chi connectivity index (χ0v) is 17.7. The van der Waals surface area contributed by atoms with E-state index in [1.54, 1.807) is 6.07 Å². The van der Waals surface area contributed by atoms with Crippen LogP contribution in [-0.2, 0) is 16.3 Å². The number of hydrogen-bond donors (Lipinski definition) is 0. The molecule has 0 N–H and O–H groups in total. The summed E-state index contributed by atoms with van der Waals surface area (Å²) in [5.41, 5.74) is 1.24. The number of sulfone groups is 1. The molecule has 1 unspecified atom stereocenters. The zero-order valence-electron chi connectivity index (χ0n) is 16.2. The lowest BCUT2D eigenvalue weighted by Crippen LogP contribution is -2.24. The van der Waals surface area contributed by atoms with E-state index in [0.717, 1.165) is 43.1 Å². The maximum absolute atomic E-state index is 13.3. The molecule has 5 nitrogen and oxygen atoms in total. The van der Waals surface area contributed by atoms with E-state index in [9.17, 15) is 17.2 Å². The maximum atomic E-state index is 13.3. The summed E-state index contributed by atoms with van der Waals surface area (Å²) in [6.45, 7) is 2.34. The first-order valence-electron chi connectivity index (χ1n) is 9.76. The van der Waals surface area contributed by atoms with Crippen molar-refractivity contribution in [1.29, 1.82) is 0 Å². The lowest BCUT2D eigenvalue weighted by molar-refractivity contribution is 0.322. The molecule has 1 atom stereocenters. The van der Waals surface area contributed by atoms with Gasteiger partial charge in [-0.25, -0.2) is 17.2 Å². The number of nitrogens with zero attached hydrogens (tertiary/aromatic N) is 2. The summed E-state index contributed by atoms with van der Waals surface area (Å²) < 4.78 is 57.0. The largest absolute Gasteiger partial charge is 0.356 e. The number of fused-ring (bicyclic) bond motifs is 1. The topological polar surface area (TPSA) is 63.4 Å². The van der Waals surface area contributed by atoms with Gasteiger partial charge in [0.15, 0.2) is 15.4 Å². The SMILES string of the molecule is O=S(=O)(CC1CCN(CCCc2noc3cc(F)ccc23)C1)c1ccc(F)c(Cl)c1. The molecule has 1 aromatic heterocycles. The second kappa shape index (κ2) is 8.61. The van der Waals surface area contributed by atoms with Gasteiger partial charge in [0, 0.05) is 18.0 Å². The number of benzene rings is 2. The Bertz CT molecular complexity index is 1170. The average Bonchev–Trinajstić information content (AvgIpc) is 3.30. The van der Waals surface area contributed by atoms with Gasteiger partial charge >= 0.3 is 0 Å². The lowest BCUT2D eigenvalue weighted by Gasteiger charge is -2.16. The van der Waals surface area contributed by atoms with Crippen LogP contribution in [-0.4, -0.2) is 43.9 Å². The van der Waals surface area contributed by atoms with Crippen molar-refractivity contribution in [2.75, 3.05) is 25.4 Å². The number of aromatic nitrogens is 1. The summed E-state index contributed by atoms with van der Waals surface area (Å²) in [5, 5.41) is 4.67. The molecular formula is C21H21ClF2N2O3S. The molecule has 4 rings (SSSR count). The van der Waals surface area contributed by atoms with Crippen LogP contribution >= 0.6 is 11.6 Å². The van der Waals surface area contributed by atoms with E-state index in [2.05, 4.69) is 10.1 Å². The van der Waals surface area contributed by atoms with E-state index in [4.69, 9.17) is 16.1 Å².